The van der Waals surface area contributed by atoms with E-state index in [0.29, 0.717) is 6.04 Å². The molecule has 0 saturated heterocycles. The van der Waals surface area contributed by atoms with Crippen LogP contribution < -0.4 is 10.1 Å². The summed E-state index contributed by atoms with van der Waals surface area (Å²) < 4.78 is 5.56. The molecular formula is C20H29NO. The summed E-state index contributed by atoms with van der Waals surface area (Å²) in [6.07, 6.45) is 6.56. The molecule has 2 aromatic carbocycles. The molecule has 22 heavy (non-hydrogen) atoms. The zero-order chi connectivity index (χ0) is 15.8. The van der Waals surface area contributed by atoms with Gasteiger partial charge in [0.2, 0.25) is 0 Å². The van der Waals surface area contributed by atoms with Crippen molar-refractivity contribution in [2.75, 3.05) is 7.11 Å². The number of fused-ring (bicyclic) bond motifs is 1. The van der Waals surface area contributed by atoms with Crippen molar-refractivity contribution in [1.29, 1.82) is 0 Å². The summed E-state index contributed by atoms with van der Waals surface area (Å²) in [4.78, 5) is 0. The van der Waals surface area contributed by atoms with E-state index in [4.69, 9.17) is 4.74 Å². The average Bonchev–Trinajstić information content (AvgIpc) is 2.56. The van der Waals surface area contributed by atoms with Gasteiger partial charge in [0.15, 0.2) is 0 Å². The van der Waals surface area contributed by atoms with E-state index in [0.717, 1.165) is 12.3 Å². The summed E-state index contributed by atoms with van der Waals surface area (Å²) in [5, 5.41) is 6.22. The van der Waals surface area contributed by atoms with E-state index in [2.05, 4.69) is 55.6 Å². The maximum absolute atomic E-state index is 5.56. The Labute approximate surface area is 134 Å². The number of rotatable bonds is 9. The van der Waals surface area contributed by atoms with Gasteiger partial charge < -0.3 is 10.1 Å². The topological polar surface area (TPSA) is 21.3 Å². The quantitative estimate of drug-likeness (QED) is 0.635. The molecule has 1 unspecified atom stereocenters. The Balaban J connectivity index is 2.01. The SMILES string of the molecule is CCCCCCC(C)NCc1c(OC)ccc2ccccc12. The first-order chi connectivity index (χ1) is 10.8. The van der Waals surface area contributed by atoms with Crippen LogP contribution in [0.5, 0.6) is 5.75 Å². The maximum Gasteiger partial charge on any atom is 0.123 e. The van der Waals surface area contributed by atoms with Crippen molar-refractivity contribution in [3.8, 4) is 5.75 Å². The van der Waals surface area contributed by atoms with Gasteiger partial charge in [-0.05, 0) is 30.2 Å². The third-order valence-electron chi connectivity index (χ3n) is 4.34. The largest absolute Gasteiger partial charge is 0.496 e. The molecule has 0 heterocycles. The lowest BCUT2D eigenvalue weighted by Gasteiger charge is -2.17. The average molecular weight is 299 g/mol. The number of benzene rings is 2. The van der Waals surface area contributed by atoms with Crippen LogP contribution in [0.4, 0.5) is 0 Å². The van der Waals surface area contributed by atoms with Crippen LogP contribution in [0.2, 0.25) is 0 Å². The van der Waals surface area contributed by atoms with Gasteiger partial charge in [0, 0.05) is 18.2 Å². The van der Waals surface area contributed by atoms with Gasteiger partial charge in [-0.3, -0.25) is 0 Å². The fraction of sp³-hybridized carbons (Fsp3) is 0.500. The van der Waals surface area contributed by atoms with Gasteiger partial charge in [0.05, 0.1) is 7.11 Å². The molecule has 1 atom stereocenters. The number of unbranched alkanes of at least 4 members (excludes halogenated alkanes) is 3. The highest BCUT2D eigenvalue weighted by Crippen LogP contribution is 2.28. The second kappa shape index (κ2) is 8.79. The van der Waals surface area contributed by atoms with Crippen LogP contribution in [-0.2, 0) is 6.54 Å². The molecule has 0 spiro atoms. The smallest absolute Gasteiger partial charge is 0.123 e. The highest BCUT2D eigenvalue weighted by molar-refractivity contribution is 5.87. The minimum atomic E-state index is 0.542. The fourth-order valence-electron chi connectivity index (χ4n) is 2.95. The molecular weight excluding hydrogens is 270 g/mol. The predicted molar refractivity (Wildman–Crippen MR) is 95.6 cm³/mol. The Morgan fingerprint density at radius 2 is 1.86 bits per heavy atom. The molecule has 0 aliphatic rings. The van der Waals surface area contributed by atoms with Gasteiger partial charge in [0.1, 0.15) is 5.75 Å². The van der Waals surface area contributed by atoms with Crippen LogP contribution >= 0.6 is 0 Å². The molecule has 0 aliphatic carbocycles. The molecule has 2 rings (SSSR count). The maximum atomic E-state index is 5.56. The second-order valence-corrected chi connectivity index (χ2v) is 6.10. The van der Waals surface area contributed by atoms with Gasteiger partial charge in [-0.2, -0.15) is 0 Å². The second-order valence-electron chi connectivity index (χ2n) is 6.10. The molecule has 2 nitrogen and oxygen atoms in total. The third-order valence-corrected chi connectivity index (χ3v) is 4.34. The number of ether oxygens (including phenoxy) is 1. The summed E-state index contributed by atoms with van der Waals surface area (Å²) in [6.45, 7) is 5.40. The Kier molecular flexibility index (Phi) is 6.73. The molecule has 120 valence electrons. The van der Waals surface area contributed by atoms with Crippen LogP contribution in [0.3, 0.4) is 0 Å². The molecule has 1 N–H and O–H groups in total. The molecule has 2 heteroatoms. The first-order valence-electron chi connectivity index (χ1n) is 8.54. The standard InChI is InChI=1S/C20H29NO/c1-4-5-6-7-10-16(2)21-15-19-18-12-9-8-11-17(18)13-14-20(19)22-3/h8-9,11-14,16,21H,4-7,10,15H2,1-3H3. The molecule has 0 aliphatic heterocycles. The zero-order valence-electron chi connectivity index (χ0n) is 14.2. The molecule has 0 bridgehead atoms. The normalized spacial score (nSPS) is 12.5. The lowest BCUT2D eigenvalue weighted by molar-refractivity contribution is 0.405. The zero-order valence-corrected chi connectivity index (χ0v) is 14.2. The molecule has 0 aromatic heterocycles. The van der Waals surface area contributed by atoms with Crippen LogP contribution in [0, 0.1) is 0 Å². The van der Waals surface area contributed by atoms with E-state index in [-0.39, 0.29) is 0 Å². The summed E-state index contributed by atoms with van der Waals surface area (Å²) in [6, 6.07) is 13.3. The van der Waals surface area contributed by atoms with Crippen LogP contribution in [0.1, 0.15) is 51.5 Å². The predicted octanol–water partition coefficient (Wildman–Crippen LogP) is 5.30. The van der Waals surface area contributed by atoms with Crippen molar-refractivity contribution in [2.24, 2.45) is 0 Å². The van der Waals surface area contributed by atoms with Crippen molar-refractivity contribution in [2.45, 2.75) is 58.5 Å². The highest BCUT2D eigenvalue weighted by Gasteiger charge is 2.09. The summed E-state index contributed by atoms with van der Waals surface area (Å²) in [5.41, 5.74) is 1.26. The fourth-order valence-corrected chi connectivity index (χ4v) is 2.95. The van der Waals surface area contributed by atoms with E-state index in [1.165, 1.54) is 48.4 Å². The van der Waals surface area contributed by atoms with Gasteiger partial charge in [-0.25, -0.2) is 0 Å². The highest BCUT2D eigenvalue weighted by atomic mass is 16.5. The van der Waals surface area contributed by atoms with Crippen LogP contribution in [0.15, 0.2) is 36.4 Å². The van der Waals surface area contributed by atoms with Crippen molar-refractivity contribution < 1.29 is 4.74 Å². The van der Waals surface area contributed by atoms with Gasteiger partial charge in [-0.15, -0.1) is 0 Å². The number of methoxy groups -OCH3 is 1. The minimum Gasteiger partial charge on any atom is -0.496 e. The third kappa shape index (κ3) is 4.48. The van der Waals surface area contributed by atoms with E-state index < -0.39 is 0 Å². The lowest BCUT2D eigenvalue weighted by atomic mass is 10.0. The molecule has 0 amide bonds. The van der Waals surface area contributed by atoms with Crippen molar-refractivity contribution in [1.82, 2.24) is 5.32 Å². The van der Waals surface area contributed by atoms with Crippen LogP contribution in [-0.4, -0.2) is 13.2 Å². The van der Waals surface area contributed by atoms with E-state index >= 15 is 0 Å². The Bertz CT molecular complexity index is 579. The van der Waals surface area contributed by atoms with E-state index in [9.17, 15) is 0 Å². The summed E-state index contributed by atoms with van der Waals surface area (Å²) >= 11 is 0. The molecule has 0 fully saturated rings. The van der Waals surface area contributed by atoms with Crippen molar-refractivity contribution in [3.63, 3.8) is 0 Å². The minimum absolute atomic E-state index is 0.542. The molecule has 0 saturated carbocycles. The Morgan fingerprint density at radius 3 is 2.64 bits per heavy atom. The van der Waals surface area contributed by atoms with Crippen molar-refractivity contribution >= 4 is 10.8 Å². The lowest BCUT2D eigenvalue weighted by Crippen LogP contribution is -2.25. The number of hydrogen-bond acceptors (Lipinski definition) is 2. The monoisotopic (exact) mass is 299 g/mol. The van der Waals surface area contributed by atoms with E-state index in [1.807, 2.05) is 0 Å². The Morgan fingerprint density at radius 1 is 1.05 bits per heavy atom. The van der Waals surface area contributed by atoms with Gasteiger partial charge in [-0.1, -0.05) is 62.9 Å². The van der Waals surface area contributed by atoms with Gasteiger partial charge >= 0.3 is 0 Å². The van der Waals surface area contributed by atoms with E-state index in [1.54, 1.807) is 7.11 Å². The molecule has 2 aromatic rings. The van der Waals surface area contributed by atoms with Crippen molar-refractivity contribution in [3.05, 3.63) is 42.0 Å². The first kappa shape index (κ1) is 16.8. The van der Waals surface area contributed by atoms with Crippen LogP contribution in [0.25, 0.3) is 10.8 Å². The first-order valence-corrected chi connectivity index (χ1v) is 8.54. The van der Waals surface area contributed by atoms with Gasteiger partial charge in [0.25, 0.3) is 0 Å². The summed E-state index contributed by atoms with van der Waals surface area (Å²) in [5.74, 6) is 0.976. The Hall–Kier alpha value is -1.54. The number of hydrogen-bond donors (Lipinski definition) is 1. The number of nitrogens with one attached hydrogen (secondary N) is 1. The summed E-state index contributed by atoms with van der Waals surface area (Å²) in [7, 11) is 1.75. The molecule has 0 radical (unpaired) electrons.